The van der Waals surface area contributed by atoms with Crippen molar-refractivity contribution in [3.05, 3.63) is 53.5 Å². The zero-order valence-electron chi connectivity index (χ0n) is 15.5. The number of hydrogen-bond acceptors (Lipinski definition) is 3. The summed E-state index contributed by atoms with van der Waals surface area (Å²) in [5.41, 5.74) is 3.03. The van der Waals surface area contributed by atoms with Gasteiger partial charge in [0.25, 0.3) is 11.8 Å². The van der Waals surface area contributed by atoms with Crippen LogP contribution >= 0.6 is 0 Å². The monoisotopic (exact) mass is 356 g/mol. The van der Waals surface area contributed by atoms with Gasteiger partial charge in [0, 0.05) is 5.69 Å². The van der Waals surface area contributed by atoms with E-state index in [1.54, 1.807) is 17.0 Å². The van der Waals surface area contributed by atoms with Crippen LogP contribution < -0.4 is 10.2 Å². The largest absolute Gasteiger partial charge is 0.459 e. The average Bonchev–Trinajstić information content (AvgIpc) is 3.18. The standard InChI is InChI=1S/C20H25N3O3/c1-14-6-4-7-15(2)18(14)21-19(24)16(3)22-9-11-23(12-10-22)20(25)17-8-5-13-26-17/h4-8,13,16H,9-12H2,1-3H3,(H,21,24)/p+1/t16-/m1/s1. The highest BCUT2D eigenvalue weighted by Gasteiger charge is 2.32. The third-order valence-electron chi connectivity index (χ3n) is 5.16. The predicted octanol–water partition coefficient (Wildman–Crippen LogP) is 1.26. The van der Waals surface area contributed by atoms with E-state index >= 15 is 0 Å². The molecule has 2 heterocycles. The summed E-state index contributed by atoms with van der Waals surface area (Å²) in [6.45, 7) is 8.67. The van der Waals surface area contributed by atoms with Gasteiger partial charge in [-0.05, 0) is 44.0 Å². The lowest BCUT2D eigenvalue weighted by atomic mass is 10.1. The van der Waals surface area contributed by atoms with Crippen LogP contribution in [0.3, 0.4) is 0 Å². The summed E-state index contributed by atoms with van der Waals surface area (Å²) in [4.78, 5) is 28.0. The van der Waals surface area contributed by atoms with E-state index in [2.05, 4.69) is 5.32 Å². The number of piperazine rings is 1. The SMILES string of the molecule is Cc1cccc(C)c1NC(=O)[C@@H](C)[NH+]1CCN(C(=O)c2ccco2)CC1. The quantitative estimate of drug-likeness (QED) is 0.867. The number of benzene rings is 1. The second-order valence-corrected chi connectivity index (χ2v) is 6.91. The molecule has 2 amide bonds. The van der Waals surface area contributed by atoms with Gasteiger partial charge in [0.1, 0.15) is 0 Å². The number of para-hydroxylation sites is 1. The van der Waals surface area contributed by atoms with E-state index in [1.165, 1.54) is 11.2 Å². The molecular formula is C20H26N3O3+. The summed E-state index contributed by atoms with van der Waals surface area (Å²) in [6.07, 6.45) is 1.51. The van der Waals surface area contributed by atoms with Crippen molar-refractivity contribution in [3.63, 3.8) is 0 Å². The van der Waals surface area contributed by atoms with Gasteiger partial charge in [0.05, 0.1) is 32.4 Å². The van der Waals surface area contributed by atoms with Crippen molar-refractivity contribution in [1.29, 1.82) is 0 Å². The van der Waals surface area contributed by atoms with Crippen LogP contribution in [0.15, 0.2) is 41.0 Å². The zero-order valence-corrected chi connectivity index (χ0v) is 15.5. The maximum atomic E-state index is 12.7. The fraction of sp³-hybridized carbons (Fsp3) is 0.400. The topological polar surface area (TPSA) is 67.0 Å². The molecule has 0 spiro atoms. The molecule has 1 aliphatic heterocycles. The van der Waals surface area contributed by atoms with E-state index in [1.807, 2.05) is 39.0 Å². The smallest absolute Gasteiger partial charge is 0.289 e. The first-order valence-electron chi connectivity index (χ1n) is 9.02. The van der Waals surface area contributed by atoms with Gasteiger partial charge in [0.2, 0.25) is 0 Å². The lowest BCUT2D eigenvalue weighted by Crippen LogP contribution is -3.19. The van der Waals surface area contributed by atoms with E-state index in [0.29, 0.717) is 18.8 Å². The lowest BCUT2D eigenvalue weighted by Gasteiger charge is -2.34. The van der Waals surface area contributed by atoms with Crippen LogP contribution in [0.1, 0.15) is 28.6 Å². The Balaban J connectivity index is 1.57. The summed E-state index contributed by atoms with van der Waals surface area (Å²) in [7, 11) is 0. The van der Waals surface area contributed by atoms with Crippen LogP contribution in [-0.4, -0.2) is 48.9 Å². The Morgan fingerprint density at radius 1 is 1.12 bits per heavy atom. The molecule has 1 aromatic carbocycles. The molecule has 2 aromatic rings. The number of furan rings is 1. The van der Waals surface area contributed by atoms with Crippen LogP contribution in [0, 0.1) is 13.8 Å². The average molecular weight is 356 g/mol. The Morgan fingerprint density at radius 3 is 2.35 bits per heavy atom. The minimum absolute atomic E-state index is 0.0169. The van der Waals surface area contributed by atoms with Gasteiger partial charge in [-0.25, -0.2) is 0 Å². The molecule has 0 aliphatic carbocycles. The summed E-state index contributed by atoms with van der Waals surface area (Å²) in [6, 6.07) is 9.22. The molecule has 2 N–H and O–H groups in total. The van der Waals surface area contributed by atoms with Gasteiger partial charge in [0.15, 0.2) is 11.8 Å². The van der Waals surface area contributed by atoms with E-state index < -0.39 is 0 Å². The molecule has 138 valence electrons. The first-order chi connectivity index (χ1) is 12.5. The second-order valence-electron chi connectivity index (χ2n) is 6.91. The van der Waals surface area contributed by atoms with Crippen molar-refractivity contribution < 1.29 is 18.9 Å². The van der Waals surface area contributed by atoms with Crippen molar-refractivity contribution in [2.75, 3.05) is 31.5 Å². The Kier molecular flexibility index (Phi) is 5.42. The number of nitrogens with zero attached hydrogens (tertiary/aromatic N) is 1. The molecule has 1 fully saturated rings. The van der Waals surface area contributed by atoms with Crippen molar-refractivity contribution in [3.8, 4) is 0 Å². The number of hydrogen-bond donors (Lipinski definition) is 2. The minimum atomic E-state index is -0.171. The summed E-state index contributed by atoms with van der Waals surface area (Å²) in [5, 5.41) is 3.08. The van der Waals surface area contributed by atoms with E-state index in [0.717, 1.165) is 29.9 Å². The maximum absolute atomic E-state index is 12.7. The van der Waals surface area contributed by atoms with Crippen molar-refractivity contribution in [1.82, 2.24) is 4.90 Å². The number of anilines is 1. The van der Waals surface area contributed by atoms with Crippen LogP contribution in [-0.2, 0) is 4.79 Å². The molecule has 0 radical (unpaired) electrons. The number of quaternary nitrogens is 1. The lowest BCUT2D eigenvalue weighted by molar-refractivity contribution is -0.917. The van der Waals surface area contributed by atoms with Gasteiger partial charge >= 0.3 is 0 Å². The molecule has 3 rings (SSSR count). The van der Waals surface area contributed by atoms with Crippen molar-refractivity contribution in [2.45, 2.75) is 26.8 Å². The van der Waals surface area contributed by atoms with Gasteiger partial charge < -0.3 is 19.5 Å². The fourth-order valence-corrected chi connectivity index (χ4v) is 3.41. The number of amides is 2. The number of carbonyl (C=O) groups excluding carboxylic acids is 2. The van der Waals surface area contributed by atoms with Crippen LogP contribution in [0.25, 0.3) is 0 Å². The van der Waals surface area contributed by atoms with Crippen LogP contribution in [0.4, 0.5) is 5.69 Å². The first kappa shape index (κ1) is 18.2. The van der Waals surface area contributed by atoms with Gasteiger partial charge in [-0.15, -0.1) is 0 Å². The molecule has 26 heavy (non-hydrogen) atoms. The molecular weight excluding hydrogens is 330 g/mol. The van der Waals surface area contributed by atoms with Gasteiger partial charge in [-0.2, -0.15) is 0 Å². The predicted molar refractivity (Wildman–Crippen MR) is 99.3 cm³/mol. The summed E-state index contributed by atoms with van der Waals surface area (Å²) < 4.78 is 5.19. The molecule has 1 aromatic heterocycles. The van der Waals surface area contributed by atoms with Crippen molar-refractivity contribution >= 4 is 17.5 Å². The highest BCUT2D eigenvalue weighted by molar-refractivity contribution is 5.95. The molecule has 0 unspecified atom stereocenters. The highest BCUT2D eigenvalue weighted by Crippen LogP contribution is 2.19. The van der Waals surface area contributed by atoms with Gasteiger partial charge in [-0.1, -0.05) is 18.2 Å². The minimum Gasteiger partial charge on any atom is -0.459 e. The zero-order chi connectivity index (χ0) is 18.7. The Bertz CT molecular complexity index is 757. The number of carbonyl (C=O) groups is 2. The summed E-state index contributed by atoms with van der Waals surface area (Å²) >= 11 is 0. The molecule has 1 aliphatic rings. The van der Waals surface area contributed by atoms with Crippen molar-refractivity contribution in [2.24, 2.45) is 0 Å². The number of aryl methyl sites for hydroxylation is 2. The van der Waals surface area contributed by atoms with E-state index in [4.69, 9.17) is 4.42 Å². The fourth-order valence-electron chi connectivity index (χ4n) is 3.41. The molecule has 1 saturated heterocycles. The maximum Gasteiger partial charge on any atom is 0.289 e. The third-order valence-corrected chi connectivity index (χ3v) is 5.16. The molecule has 0 saturated carbocycles. The van der Waals surface area contributed by atoms with Crippen LogP contribution in [0.2, 0.25) is 0 Å². The Morgan fingerprint density at radius 2 is 1.77 bits per heavy atom. The second kappa shape index (κ2) is 7.74. The molecule has 6 heteroatoms. The molecule has 0 bridgehead atoms. The highest BCUT2D eigenvalue weighted by atomic mass is 16.3. The van der Waals surface area contributed by atoms with E-state index in [-0.39, 0.29) is 17.9 Å². The normalized spacial score (nSPS) is 16.3. The number of nitrogens with one attached hydrogen (secondary N) is 2. The van der Waals surface area contributed by atoms with Crippen LogP contribution in [0.5, 0.6) is 0 Å². The number of rotatable bonds is 4. The van der Waals surface area contributed by atoms with E-state index in [9.17, 15) is 9.59 Å². The Labute approximate surface area is 153 Å². The molecule has 1 atom stereocenters. The molecule has 6 nitrogen and oxygen atoms in total. The first-order valence-corrected chi connectivity index (χ1v) is 9.02. The third kappa shape index (κ3) is 3.80. The van der Waals surface area contributed by atoms with Gasteiger partial charge in [-0.3, -0.25) is 9.59 Å². The Hall–Kier alpha value is -2.60. The summed E-state index contributed by atoms with van der Waals surface area (Å²) in [5.74, 6) is 0.305.